The number of hydrogen-bond acceptors (Lipinski definition) is 3. The molecule has 28 heavy (non-hydrogen) atoms. The van der Waals surface area contributed by atoms with Crippen LogP contribution in [0.1, 0.15) is 42.7 Å². The number of ether oxygens (including phenoxy) is 1. The highest BCUT2D eigenvalue weighted by atomic mass is 35.5. The molecule has 3 nitrogen and oxygen atoms in total. The second kappa shape index (κ2) is 8.06. The van der Waals surface area contributed by atoms with Crippen LogP contribution in [0.25, 0.3) is 10.8 Å². The Hall–Kier alpha value is -2.17. The highest BCUT2D eigenvalue weighted by Crippen LogP contribution is 2.40. The Labute approximate surface area is 170 Å². The van der Waals surface area contributed by atoms with E-state index in [0.29, 0.717) is 12.6 Å². The van der Waals surface area contributed by atoms with Crippen molar-refractivity contribution in [2.75, 3.05) is 0 Å². The molecule has 1 heterocycles. The lowest BCUT2D eigenvalue weighted by molar-refractivity contribution is 0.0842. The summed E-state index contributed by atoms with van der Waals surface area (Å²) in [5.41, 5.74) is 2.15. The van der Waals surface area contributed by atoms with Gasteiger partial charge in [-0.25, -0.2) is 4.39 Å². The summed E-state index contributed by atoms with van der Waals surface area (Å²) >= 11 is 0. The molecule has 146 valence electrons. The van der Waals surface area contributed by atoms with Gasteiger partial charge >= 0.3 is 0 Å². The number of halogens is 2. The molecule has 3 aromatic rings. The van der Waals surface area contributed by atoms with Gasteiger partial charge in [-0.3, -0.25) is 4.98 Å². The van der Waals surface area contributed by atoms with Gasteiger partial charge in [0.05, 0.1) is 0 Å². The first-order valence-electron chi connectivity index (χ1n) is 9.77. The van der Waals surface area contributed by atoms with E-state index in [2.05, 4.69) is 34.6 Å². The summed E-state index contributed by atoms with van der Waals surface area (Å²) in [6, 6.07) is 14.1. The Balaban J connectivity index is 0.00000192. The number of rotatable bonds is 6. The number of benzene rings is 2. The lowest BCUT2D eigenvalue weighted by atomic mass is 9.89. The molecule has 2 aliphatic carbocycles. The second-order valence-electron chi connectivity index (χ2n) is 7.76. The Morgan fingerprint density at radius 3 is 2.57 bits per heavy atom. The molecule has 2 saturated carbocycles. The molecule has 0 saturated heterocycles. The smallest absolute Gasteiger partial charge is 0.128 e. The molecule has 0 bridgehead atoms. The molecule has 2 fully saturated rings. The third kappa shape index (κ3) is 3.98. The molecule has 2 aromatic carbocycles. The van der Waals surface area contributed by atoms with Crippen molar-refractivity contribution >= 4 is 23.2 Å². The predicted molar refractivity (Wildman–Crippen MR) is 112 cm³/mol. The van der Waals surface area contributed by atoms with Crippen molar-refractivity contribution in [1.29, 1.82) is 0 Å². The van der Waals surface area contributed by atoms with Crippen LogP contribution in [0.5, 0.6) is 5.75 Å². The van der Waals surface area contributed by atoms with Crippen LogP contribution in [0.2, 0.25) is 0 Å². The second-order valence-corrected chi connectivity index (χ2v) is 7.76. The zero-order chi connectivity index (χ0) is 18.2. The molecule has 0 radical (unpaired) electrons. The summed E-state index contributed by atoms with van der Waals surface area (Å²) in [4.78, 5) is 4.12. The van der Waals surface area contributed by atoms with Crippen LogP contribution < -0.4 is 10.1 Å². The van der Waals surface area contributed by atoms with Crippen molar-refractivity contribution in [2.45, 2.75) is 50.3 Å². The van der Waals surface area contributed by atoms with Gasteiger partial charge in [-0.05, 0) is 72.9 Å². The van der Waals surface area contributed by atoms with Crippen molar-refractivity contribution < 1.29 is 9.13 Å². The zero-order valence-corrected chi connectivity index (χ0v) is 16.4. The fourth-order valence-electron chi connectivity index (χ4n) is 3.89. The molecule has 1 aromatic heterocycles. The number of nitrogens with one attached hydrogen (secondary N) is 1. The minimum Gasteiger partial charge on any atom is -0.490 e. The zero-order valence-electron chi connectivity index (χ0n) is 15.6. The summed E-state index contributed by atoms with van der Waals surface area (Å²) < 4.78 is 20.3. The number of hydrogen-bond donors (Lipinski definition) is 1. The van der Waals surface area contributed by atoms with Gasteiger partial charge in [-0.2, -0.15) is 0 Å². The maximum atomic E-state index is 14.3. The fraction of sp³-hybridized carbons (Fsp3) is 0.348. The molecule has 0 aliphatic heterocycles. The van der Waals surface area contributed by atoms with Gasteiger partial charge in [0.2, 0.25) is 0 Å². The summed E-state index contributed by atoms with van der Waals surface area (Å²) in [5.74, 6) is 1.57. The van der Waals surface area contributed by atoms with E-state index in [1.54, 1.807) is 18.5 Å². The minimum atomic E-state index is -0.163. The average molecular weight is 399 g/mol. The van der Waals surface area contributed by atoms with E-state index in [1.807, 2.05) is 6.07 Å². The predicted octanol–water partition coefficient (Wildman–Crippen LogP) is 5.37. The monoisotopic (exact) mass is 398 g/mol. The van der Waals surface area contributed by atoms with Gasteiger partial charge in [0, 0.05) is 35.9 Å². The first-order chi connectivity index (χ1) is 13.3. The van der Waals surface area contributed by atoms with E-state index in [1.165, 1.54) is 24.5 Å². The summed E-state index contributed by atoms with van der Waals surface area (Å²) in [6.45, 7) is 0.528. The molecule has 2 aliphatic rings. The summed E-state index contributed by atoms with van der Waals surface area (Å²) in [5, 5.41) is 5.38. The Morgan fingerprint density at radius 2 is 1.82 bits per heavy atom. The largest absolute Gasteiger partial charge is 0.490 e. The molecule has 5 rings (SSSR count). The van der Waals surface area contributed by atoms with Crippen LogP contribution in [0.3, 0.4) is 0 Å². The Morgan fingerprint density at radius 1 is 1.04 bits per heavy atom. The lowest BCUT2D eigenvalue weighted by Crippen LogP contribution is -2.46. The molecule has 0 unspecified atom stereocenters. The third-order valence-corrected chi connectivity index (χ3v) is 5.77. The van der Waals surface area contributed by atoms with Gasteiger partial charge in [0.25, 0.3) is 0 Å². The van der Waals surface area contributed by atoms with E-state index >= 15 is 0 Å². The van der Waals surface area contributed by atoms with Gasteiger partial charge in [0.15, 0.2) is 0 Å². The van der Waals surface area contributed by atoms with Crippen molar-refractivity contribution in [3.8, 4) is 5.75 Å². The van der Waals surface area contributed by atoms with E-state index in [-0.39, 0.29) is 24.3 Å². The SMILES string of the molecule is Cl.Fc1ccc2cnccc2c1CNC1CC(Oc2ccc(C3CC3)cc2)C1. The van der Waals surface area contributed by atoms with E-state index < -0.39 is 0 Å². The molecular weight excluding hydrogens is 375 g/mol. The van der Waals surface area contributed by atoms with E-state index in [4.69, 9.17) is 4.74 Å². The number of nitrogens with zero attached hydrogens (tertiary/aromatic N) is 1. The number of aromatic nitrogens is 1. The number of pyridine rings is 1. The highest BCUT2D eigenvalue weighted by Gasteiger charge is 2.31. The first kappa shape index (κ1) is 19.2. The topological polar surface area (TPSA) is 34.2 Å². The summed E-state index contributed by atoms with van der Waals surface area (Å²) in [6.07, 6.45) is 8.30. The lowest BCUT2D eigenvalue weighted by Gasteiger charge is -2.36. The average Bonchev–Trinajstić information content (AvgIpc) is 3.50. The quantitative estimate of drug-likeness (QED) is 0.605. The van der Waals surface area contributed by atoms with E-state index in [9.17, 15) is 4.39 Å². The van der Waals surface area contributed by atoms with Gasteiger partial charge < -0.3 is 10.1 Å². The maximum Gasteiger partial charge on any atom is 0.128 e. The Kier molecular flexibility index (Phi) is 5.51. The molecular formula is C23H24ClFN2O. The minimum absolute atomic E-state index is 0. The van der Waals surface area contributed by atoms with Crippen LogP contribution in [0, 0.1) is 5.82 Å². The molecule has 0 atom stereocenters. The van der Waals surface area contributed by atoms with Crippen LogP contribution in [-0.2, 0) is 6.54 Å². The van der Waals surface area contributed by atoms with Crippen molar-refractivity contribution in [3.63, 3.8) is 0 Å². The van der Waals surface area contributed by atoms with Gasteiger partial charge in [-0.1, -0.05) is 12.1 Å². The maximum absolute atomic E-state index is 14.3. The summed E-state index contributed by atoms with van der Waals surface area (Å²) in [7, 11) is 0. The molecule has 5 heteroatoms. The van der Waals surface area contributed by atoms with Crippen LogP contribution in [0.15, 0.2) is 54.9 Å². The van der Waals surface area contributed by atoms with Crippen molar-refractivity contribution in [3.05, 3.63) is 71.8 Å². The van der Waals surface area contributed by atoms with Crippen LogP contribution in [-0.4, -0.2) is 17.1 Å². The number of fused-ring (bicyclic) bond motifs is 1. The van der Waals surface area contributed by atoms with Gasteiger partial charge in [-0.15, -0.1) is 12.4 Å². The molecule has 0 amide bonds. The van der Waals surface area contributed by atoms with Crippen molar-refractivity contribution in [1.82, 2.24) is 10.3 Å². The van der Waals surface area contributed by atoms with Crippen LogP contribution in [0.4, 0.5) is 4.39 Å². The molecule has 1 N–H and O–H groups in total. The third-order valence-electron chi connectivity index (χ3n) is 5.77. The highest BCUT2D eigenvalue weighted by molar-refractivity contribution is 5.85. The van der Waals surface area contributed by atoms with Crippen LogP contribution >= 0.6 is 12.4 Å². The molecule has 0 spiro atoms. The van der Waals surface area contributed by atoms with Gasteiger partial charge in [0.1, 0.15) is 17.7 Å². The normalized spacial score (nSPS) is 21.0. The standard InChI is InChI=1S/C23H23FN2O.ClH/c24-23-8-5-17-13-25-10-9-21(17)22(23)14-26-18-11-20(12-18)27-19-6-3-16(4-7-19)15-1-2-15;/h3-10,13,15,18,20,26H,1-2,11-12,14H2;1H. The fourth-order valence-corrected chi connectivity index (χ4v) is 3.89. The van der Waals surface area contributed by atoms with E-state index in [0.717, 1.165) is 40.8 Å². The van der Waals surface area contributed by atoms with Crippen molar-refractivity contribution in [2.24, 2.45) is 0 Å². The Bertz CT molecular complexity index is 952. The first-order valence-corrected chi connectivity index (χ1v) is 9.77.